The predicted molar refractivity (Wildman–Crippen MR) is 133 cm³/mol. The first-order chi connectivity index (χ1) is 17.1. The van der Waals surface area contributed by atoms with E-state index in [0.717, 1.165) is 17.2 Å². The van der Waals surface area contributed by atoms with Gasteiger partial charge < -0.3 is 15.0 Å². The summed E-state index contributed by atoms with van der Waals surface area (Å²) in [5, 5.41) is 9.24. The molecule has 35 heavy (non-hydrogen) atoms. The fourth-order valence-electron chi connectivity index (χ4n) is 4.45. The molecule has 178 valence electrons. The number of benzene rings is 2. The first kappa shape index (κ1) is 22.7. The maximum atomic E-state index is 13.6. The highest BCUT2D eigenvalue weighted by atomic mass is 16.5. The number of hydrogen-bond donors (Lipinski definition) is 1. The third kappa shape index (κ3) is 5.22. The van der Waals surface area contributed by atoms with Gasteiger partial charge in [0.15, 0.2) is 5.69 Å². The maximum absolute atomic E-state index is 13.6. The highest BCUT2D eigenvalue weighted by molar-refractivity contribution is 6.08. The summed E-state index contributed by atoms with van der Waals surface area (Å²) in [7, 11) is 1.75. The minimum Gasteiger partial charge on any atom is -0.379 e. The van der Waals surface area contributed by atoms with Gasteiger partial charge >= 0.3 is 0 Å². The summed E-state index contributed by atoms with van der Waals surface area (Å²) in [6, 6.07) is 17.1. The molecule has 0 bridgehead atoms. The smallest absolute Gasteiger partial charge is 0.276 e. The first-order valence-electron chi connectivity index (χ1n) is 11.7. The molecule has 3 heterocycles. The number of carbonyl (C=O) groups is 2. The molecule has 0 unspecified atom stereocenters. The van der Waals surface area contributed by atoms with Crippen molar-refractivity contribution in [1.82, 2.24) is 19.7 Å². The van der Waals surface area contributed by atoms with Crippen LogP contribution in [-0.2, 0) is 18.2 Å². The molecule has 8 heteroatoms. The molecule has 0 radical (unpaired) electrons. The number of nitrogens with zero attached hydrogens (tertiary/aromatic N) is 4. The van der Waals surface area contributed by atoms with Gasteiger partial charge in [0.2, 0.25) is 0 Å². The van der Waals surface area contributed by atoms with Crippen molar-refractivity contribution >= 4 is 28.3 Å². The van der Waals surface area contributed by atoms with Crippen molar-refractivity contribution in [3.63, 3.8) is 0 Å². The van der Waals surface area contributed by atoms with E-state index in [9.17, 15) is 9.59 Å². The third-order valence-corrected chi connectivity index (χ3v) is 6.21. The van der Waals surface area contributed by atoms with Crippen molar-refractivity contribution < 1.29 is 14.3 Å². The minimum absolute atomic E-state index is 0.125. The topological polar surface area (TPSA) is 89.4 Å². The zero-order valence-electron chi connectivity index (χ0n) is 19.6. The van der Waals surface area contributed by atoms with Crippen molar-refractivity contribution in [2.45, 2.75) is 6.42 Å². The number of carbonyl (C=O) groups excluding carboxylic acids is 2. The van der Waals surface area contributed by atoms with Crippen LogP contribution in [0.5, 0.6) is 0 Å². The van der Waals surface area contributed by atoms with Gasteiger partial charge in [-0.3, -0.25) is 19.3 Å². The number of nitrogens with one attached hydrogen (secondary N) is 1. The maximum Gasteiger partial charge on any atom is 0.276 e. The molecule has 2 aromatic heterocycles. The highest BCUT2D eigenvalue weighted by Gasteiger charge is 2.26. The second-order valence-electron chi connectivity index (χ2n) is 8.83. The van der Waals surface area contributed by atoms with Crippen molar-refractivity contribution in [2.24, 2.45) is 13.0 Å². The Balaban J connectivity index is 1.31. The predicted octanol–water partition coefficient (Wildman–Crippen LogP) is 3.55. The summed E-state index contributed by atoms with van der Waals surface area (Å²) in [5.74, 6) is -0.320. The number of para-hydroxylation sites is 1. The van der Waals surface area contributed by atoms with Gasteiger partial charge in [0.05, 0.1) is 24.5 Å². The third-order valence-electron chi connectivity index (χ3n) is 6.21. The lowest BCUT2D eigenvalue weighted by molar-refractivity contribution is 0.0738. The number of pyridine rings is 1. The molecule has 0 saturated carbocycles. The number of aryl methyl sites for hydroxylation is 1. The van der Waals surface area contributed by atoms with Crippen LogP contribution in [0.4, 0.5) is 5.69 Å². The summed E-state index contributed by atoms with van der Waals surface area (Å²) < 4.78 is 7.42. The van der Waals surface area contributed by atoms with Crippen LogP contribution in [0.3, 0.4) is 0 Å². The molecule has 5 rings (SSSR count). The summed E-state index contributed by atoms with van der Waals surface area (Å²) in [6.45, 7) is 2.14. The zero-order chi connectivity index (χ0) is 24.2. The van der Waals surface area contributed by atoms with E-state index in [1.54, 1.807) is 54.5 Å². The lowest BCUT2D eigenvalue weighted by Crippen LogP contribution is -2.37. The van der Waals surface area contributed by atoms with Crippen molar-refractivity contribution in [2.75, 3.05) is 31.6 Å². The van der Waals surface area contributed by atoms with Gasteiger partial charge in [-0.1, -0.05) is 24.3 Å². The van der Waals surface area contributed by atoms with E-state index in [1.165, 1.54) is 5.56 Å². The molecule has 1 N–H and O–H groups in total. The number of rotatable bonds is 5. The molecule has 1 saturated heterocycles. The quantitative estimate of drug-likeness (QED) is 0.483. The standard InChI is InChI=1S/C27H27N5O3/c1-31-11-9-25(30-31)26(33)29-24-5-3-2-4-23(24)27(34)32-12-13-35-18-20(17-32)14-19-6-7-21-8-10-28-16-22(21)15-19/h2-11,15-16,20H,12-14,17-18H2,1H3,(H,29,33)/t20-/m1/s1. The van der Waals surface area contributed by atoms with E-state index in [4.69, 9.17) is 4.74 Å². The van der Waals surface area contributed by atoms with Gasteiger partial charge in [-0.15, -0.1) is 0 Å². The van der Waals surface area contributed by atoms with Gasteiger partial charge in [-0.05, 0) is 47.7 Å². The van der Waals surface area contributed by atoms with Gasteiger partial charge in [0.25, 0.3) is 11.8 Å². The Morgan fingerprint density at radius 3 is 2.86 bits per heavy atom. The van der Waals surface area contributed by atoms with Crippen LogP contribution in [0.15, 0.2) is 73.2 Å². The van der Waals surface area contributed by atoms with Gasteiger partial charge in [-0.2, -0.15) is 5.10 Å². The van der Waals surface area contributed by atoms with E-state index in [1.807, 2.05) is 17.2 Å². The van der Waals surface area contributed by atoms with E-state index in [0.29, 0.717) is 43.2 Å². The molecule has 8 nitrogen and oxygen atoms in total. The summed E-state index contributed by atoms with van der Waals surface area (Å²) >= 11 is 0. The second kappa shape index (κ2) is 10.1. The van der Waals surface area contributed by atoms with Crippen molar-refractivity contribution in [3.8, 4) is 0 Å². The molecule has 1 aliphatic heterocycles. The molecule has 0 aliphatic carbocycles. The van der Waals surface area contributed by atoms with Crippen LogP contribution < -0.4 is 5.32 Å². The fourth-order valence-corrected chi connectivity index (χ4v) is 4.45. The Labute approximate surface area is 203 Å². The monoisotopic (exact) mass is 469 g/mol. The second-order valence-corrected chi connectivity index (χ2v) is 8.83. The molecule has 2 amide bonds. The Morgan fingerprint density at radius 1 is 1.11 bits per heavy atom. The molecule has 1 atom stereocenters. The van der Waals surface area contributed by atoms with Crippen LogP contribution in [0.1, 0.15) is 26.4 Å². The van der Waals surface area contributed by atoms with E-state index >= 15 is 0 Å². The fraction of sp³-hybridized carbons (Fsp3) is 0.259. The lowest BCUT2D eigenvalue weighted by atomic mass is 9.97. The Bertz CT molecular complexity index is 1370. The molecule has 2 aromatic carbocycles. The Morgan fingerprint density at radius 2 is 2.00 bits per heavy atom. The lowest BCUT2D eigenvalue weighted by Gasteiger charge is -2.25. The Kier molecular flexibility index (Phi) is 6.54. The zero-order valence-corrected chi connectivity index (χ0v) is 19.6. The largest absolute Gasteiger partial charge is 0.379 e. The van der Waals surface area contributed by atoms with E-state index < -0.39 is 0 Å². The van der Waals surface area contributed by atoms with Gasteiger partial charge in [0.1, 0.15) is 0 Å². The number of hydrogen-bond acceptors (Lipinski definition) is 5. The van der Waals surface area contributed by atoms with Crippen LogP contribution in [0, 0.1) is 5.92 Å². The summed E-state index contributed by atoms with van der Waals surface area (Å²) in [4.78, 5) is 32.3. The average Bonchev–Trinajstić information content (AvgIpc) is 3.18. The molecular formula is C27H27N5O3. The SMILES string of the molecule is Cn1ccc(C(=O)Nc2ccccc2C(=O)N2CCOC[C@H](Cc3ccc4ccncc4c3)C2)n1. The molecule has 4 aromatic rings. The molecular weight excluding hydrogens is 442 g/mol. The van der Waals surface area contributed by atoms with Gasteiger partial charge in [-0.25, -0.2) is 0 Å². The summed E-state index contributed by atoms with van der Waals surface area (Å²) in [6.07, 6.45) is 6.16. The number of ether oxygens (including phenoxy) is 1. The number of aromatic nitrogens is 3. The molecule has 1 fully saturated rings. The van der Waals surface area contributed by atoms with Crippen LogP contribution in [-0.4, -0.2) is 57.8 Å². The van der Waals surface area contributed by atoms with Crippen molar-refractivity contribution in [1.29, 1.82) is 0 Å². The van der Waals surface area contributed by atoms with E-state index in [-0.39, 0.29) is 17.7 Å². The minimum atomic E-state index is -0.353. The number of amides is 2. The van der Waals surface area contributed by atoms with Gasteiger partial charge in [0, 0.05) is 50.0 Å². The summed E-state index contributed by atoms with van der Waals surface area (Å²) in [5.41, 5.74) is 2.41. The number of fused-ring (bicyclic) bond motifs is 1. The first-order valence-corrected chi connectivity index (χ1v) is 11.7. The number of anilines is 1. The average molecular weight is 470 g/mol. The molecule has 1 aliphatic rings. The molecule has 0 spiro atoms. The normalized spacial score (nSPS) is 16.1. The Hall–Kier alpha value is -4.04. The van der Waals surface area contributed by atoms with Crippen LogP contribution in [0.2, 0.25) is 0 Å². The highest BCUT2D eigenvalue weighted by Crippen LogP contribution is 2.22. The van der Waals surface area contributed by atoms with Crippen molar-refractivity contribution in [3.05, 3.63) is 90.0 Å². The van der Waals surface area contributed by atoms with E-state index in [2.05, 4.69) is 33.6 Å². The van der Waals surface area contributed by atoms with Crippen LogP contribution >= 0.6 is 0 Å². The van der Waals surface area contributed by atoms with Crippen LogP contribution in [0.25, 0.3) is 10.8 Å².